The molecule has 0 saturated heterocycles. The van der Waals surface area contributed by atoms with Crippen LogP contribution in [0.5, 0.6) is 5.75 Å². The van der Waals surface area contributed by atoms with E-state index in [0.29, 0.717) is 17.7 Å². The van der Waals surface area contributed by atoms with Gasteiger partial charge < -0.3 is 14.8 Å². The maximum Gasteiger partial charge on any atom is 0.328 e. The van der Waals surface area contributed by atoms with Gasteiger partial charge in [0.15, 0.2) is 6.61 Å². The Labute approximate surface area is 133 Å². The Morgan fingerprint density at radius 3 is 2.59 bits per heavy atom. The molecule has 0 saturated carbocycles. The highest BCUT2D eigenvalue weighted by Gasteiger charge is 2.21. The number of nitrogens with zero attached hydrogens (tertiary/aromatic N) is 1. The van der Waals surface area contributed by atoms with E-state index in [2.05, 4.69) is 10.1 Å². The molecule has 1 aromatic rings. The average Bonchev–Trinajstić information content (AvgIpc) is 2.56. The van der Waals surface area contributed by atoms with Gasteiger partial charge in [-0.2, -0.15) is 17.0 Å². The summed E-state index contributed by atoms with van der Waals surface area (Å²) in [5.41, 5.74) is 0.514. The smallest absolute Gasteiger partial charge is 0.328 e. The third-order valence-electron chi connectivity index (χ3n) is 2.78. The topological polar surface area (TPSA) is 88.4 Å². The molecule has 6 nitrogen and oxygen atoms in total. The summed E-state index contributed by atoms with van der Waals surface area (Å²) in [6.07, 6.45) is 2.42. The quantitative estimate of drug-likeness (QED) is 0.727. The summed E-state index contributed by atoms with van der Waals surface area (Å²) < 4.78 is 9.97. The molecule has 1 atom stereocenters. The number of esters is 1. The Morgan fingerprint density at radius 2 is 2.05 bits per heavy atom. The van der Waals surface area contributed by atoms with Crippen LogP contribution in [0.1, 0.15) is 12.0 Å². The van der Waals surface area contributed by atoms with Crippen molar-refractivity contribution in [3.05, 3.63) is 29.8 Å². The number of hydrogen-bond donors (Lipinski definition) is 1. The van der Waals surface area contributed by atoms with Crippen LogP contribution in [0, 0.1) is 11.3 Å². The van der Waals surface area contributed by atoms with E-state index >= 15 is 0 Å². The number of rotatable bonds is 8. The first-order valence-corrected chi connectivity index (χ1v) is 7.99. The van der Waals surface area contributed by atoms with Crippen LogP contribution in [0.25, 0.3) is 0 Å². The van der Waals surface area contributed by atoms with E-state index in [4.69, 9.17) is 10.00 Å². The van der Waals surface area contributed by atoms with Gasteiger partial charge in [-0.1, -0.05) is 0 Å². The van der Waals surface area contributed by atoms with Crippen molar-refractivity contribution in [3.63, 3.8) is 0 Å². The number of benzene rings is 1. The highest BCUT2D eigenvalue weighted by Crippen LogP contribution is 2.11. The Balaban J connectivity index is 2.48. The normalized spacial score (nSPS) is 11.1. The van der Waals surface area contributed by atoms with Crippen molar-refractivity contribution >= 4 is 23.6 Å². The van der Waals surface area contributed by atoms with Crippen molar-refractivity contribution in [1.82, 2.24) is 5.32 Å². The van der Waals surface area contributed by atoms with Crippen molar-refractivity contribution in [1.29, 1.82) is 5.26 Å². The number of carbonyl (C=O) groups is 2. The standard InChI is InChI=1S/C15H18N2O4S/c1-20-15(19)13(7-8-22-2)17-14(18)10-21-12-5-3-11(9-16)4-6-12/h3-6,13H,7-8,10H2,1-2H3,(H,17,18)/t13-/m0/s1. The lowest BCUT2D eigenvalue weighted by Gasteiger charge is -2.16. The van der Waals surface area contributed by atoms with Crippen LogP contribution in [-0.4, -0.2) is 43.6 Å². The summed E-state index contributed by atoms with van der Waals surface area (Å²) in [7, 11) is 1.29. The molecule has 0 aliphatic rings. The summed E-state index contributed by atoms with van der Waals surface area (Å²) in [6.45, 7) is -0.210. The van der Waals surface area contributed by atoms with Crippen molar-refractivity contribution in [3.8, 4) is 11.8 Å². The van der Waals surface area contributed by atoms with Crippen LogP contribution in [0.15, 0.2) is 24.3 Å². The second kappa shape index (κ2) is 9.68. The van der Waals surface area contributed by atoms with Crippen LogP contribution >= 0.6 is 11.8 Å². The van der Waals surface area contributed by atoms with Crippen molar-refractivity contribution < 1.29 is 19.1 Å². The SMILES string of the molecule is COC(=O)[C@H](CCSC)NC(=O)COc1ccc(C#N)cc1. The fourth-order valence-corrected chi connectivity index (χ4v) is 2.11. The van der Waals surface area contributed by atoms with Crippen molar-refractivity contribution in [2.45, 2.75) is 12.5 Å². The van der Waals surface area contributed by atoms with E-state index in [-0.39, 0.29) is 6.61 Å². The first kappa shape index (κ1) is 17.9. The predicted octanol–water partition coefficient (Wildman–Crippen LogP) is 1.35. The molecule has 0 unspecified atom stereocenters. The number of nitrogens with one attached hydrogen (secondary N) is 1. The third kappa shape index (κ3) is 6.06. The summed E-state index contributed by atoms with van der Waals surface area (Å²) in [6, 6.07) is 7.74. The number of methoxy groups -OCH3 is 1. The first-order valence-electron chi connectivity index (χ1n) is 6.59. The van der Waals surface area contributed by atoms with Crippen LogP contribution in [-0.2, 0) is 14.3 Å². The summed E-state index contributed by atoms with van der Waals surface area (Å²) in [5.74, 6) is 0.339. The molecule has 1 N–H and O–H groups in total. The molecule has 118 valence electrons. The van der Waals surface area contributed by atoms with Gasteiger partial charge in [0.1, 0.15) is 11.8 Å². The van der Waals surface area contributed by atoms with Gasteiger partial charge in [0.2, 0.25) is 0 Å². The van der Waals surface area contributed by atoms with Gasteiger partial charge >= 0.3 is 5.97 Å². The number of carbonyl (C=O) groups excluding carboxylic acids is 2. The Morgan fingerprint density at radius 1 is 1.36 bits per heavy atom. The molecule has 0 heterocycles. The molecular formula is C15H18N2O4S. The average molecular weight is 322 g/mol. The van der Waals surface area contributed by atoms with Crippen LogP contribution in [0.2, 0.25) is 0 Å². The number of ether oxygens (including phenoxy) is 2. The maximum atomic E-state index is 11.8. The van der Waals surface area contributed by atoms with E-state index in [1.165, 1.54) is 7.11 Å². The van der Waals surface area contributed by atoms with Gasteiger partial charge in [0.05, 0.1) is 18.7 Å². The third-order valence-corrected chi connectivity index (χ3v) is 3.43. The lowest BCUT2D eigenvalue weighted by atomic mass is 10.2. The van der Waals surface area contributed by atoms with Gasteiger partial charge in [0.25, 0.3) is 5.91 Å². The van der Waals surface area contributed by atoms with Gasteiger partial charge in [0, 0.05) is 0 Å². The first-order chi connectivity index (χ1) is 10.6. The zero-order chi connectivity index (χ0) is 16.4. The number of nitriles is 1. The number of thioether (sulfide) groups is 1. The second-order valence-corrected chi connectivity index (χ2v) is 5.34. The molecule has 0 fully saturated rings. The van der Waals surface area contributed by atoms with E-state index in [1.807, 2.05) is 12.3 Å². The fraction of sp³-hybridized carbons (Fsp3) is 0.400. The minimum absolute atomic E-state index is 0.210. The summed E-state index contributed by atoms with van der Waals surface area (Å²) in [4.78, 5) is 23.4. The minimum Gasteiger partial charge on any atom is -0.484 e. The zero-order valence-corrected chi connectivity index (χ0v) is 13.3. The molecule has 22 heavy (non-hydrogen) atoms. The second-order valence-electron chi connectivity index (χ2n) is 4.35. The number of hydrogen-bond acceptors (Lipinski definition) is 6. The Kier molecular flexibility index (Phi) is 7.86. The molecule has 0 aromatic heterocycles. The Bertz CT molecular complexity index is 539. The minimum atomic E-state index is -0.672. The van der Waals surface area contributed by atoms with E-state index < -0.39 is 17.9 Å². The van der Waals surface area contributed by atoms with Gasteiger partial charge in [-0.15, -0.1) is 0 Å². The van der Waals surface area contributed by atoms with Gasteiger partial charge in [-0.05, 0) is 42.7 Å². The fourth-order valence-electron chi connectivity index (χ4n) is 1.64. The predicted molar refractivity (Wildman–Crippen MR) is 83.6 cm³/mol. The zero-order valence-electron chi connectivity index (χ0n) is 12.5. The van der Waals surface area contributed by atoms with E-state index in [9.17, 15) is 9.59 Å². The molecule has 0 aliphatic carbocycles. The molecule has 0 spiro atoms. The van der Waals surface area contributed by atoms with Gasteiger partial charge in [-0.3, -0.25) is 4.79 Å². The Hall–Kier alpha value is -2.20. The molecule has 1 rings (SSSR count). The molecule has 7 heteroatoms. The van der Waals surface area contributed by atoms with Gasteiger partial charge in [-0.25, -0.2) is 4.79 Å². The highest BCUT2D eigenvalue weighted by molar-refractivity contribution is 7.98. The molecule has 1 amide bonds. The van der Waals surface area contributed by atoms with E-state index in [1.54, 1.807) is 36.0 Å². The van der Waals surface area contributed by atoms with Crippen LogP contribution in [0.4, 0.5) is 0 Å². The lowest BCUT2D eigenvalue weighted by Crippen LogP contribution is -2.43. The van der Waals surface area contributed by atoms with Crippen LogP contribution < -0.4 is 10.1 Å². The van der Waals surface area contributed by atoms with Crippen LogP contribution in [0.3, 0.4) is 0 Å². The molecule has 0 aliphatic heterocycles. The monoisotopic (exact) mass is 322 g/mol. The highest BCUT2D eigenvalue weighted by atomic mass is 32.2. The summed E-state index contributed by atoms with van der Waals surface area (Å²) >= 11 is 1.58. The van der Waals surface area contributed by atoms with Crippen molar-refractivity contribution in [2.24, 2.45) is 0 Å². The molecule has 1 aromatic carbocycles. The largest absolute Gasteiger partial charge is 0.484 e. The lowest BCUT2D eigenvalue weighted by molar-refractivity contribution is -0.145. The van der Waals surface area contributed by atoms with Crippen molar-refractivity contribution in [2.75, 3.05) is 25.7 Å². The molecule has 0 radical (unpaired) electrons. The molecular weight excluding hydrogens is 304 g/mol. The maximum absolute atomic E-state index is 11.8. The summed E-state index contributed by atoms with van der Waals surface area (Å²) in [5, 5.41) is 11.3. The van der Waals surface area contributed by atoms with E-state index in [0.717, 1.165) is 5.75 Å². The number of amides is 1. The molecule has 0 bridgehead atoms.